The van der Waals surface area contributed by atoms with Gasteiger partial charge in [-0.05, 0) is 6.42 Å². The summed E-state index contributed by atoms with van der Waals surface area (Å²) in [4.78, 5) is 20.6. The van der Waals surface area contributed by atoms with E-state index in [0.29, 0.717) is 17.8 Å². The van der Waals surface area contributed by atoms with Gasteiger partial charge in [-0.2, -0.15) is 0 Å². The van der Waals surface area contributed by atoms with Crippen molar-refractivity contribution in [1.29, 1.82) is 0 Å². The number of carbonyl (C=O) groups is 2. The van der Waals surface area contributed by atoms with E-state index in [4.69, 9.17) is 10.2 Å². The van der Waals surface area contributed by atoms with Crippen molar-refractivity contribution in [3.63, 3.8) is 0 Å². The molecule has 0 bridgehead atoms. The van der Waals surface area contributed by atoms with Gasteiger partial charge in [0.1, 0.15) is 9.75 Å². The SMILES string of the molecule is CCCc1c(C(=O)O)sc(C(=O)O)c1F. The van der Waals surface area contributed by atoms with Crippen LogP contribution in [0.2, 0.25) is 0 Å². The van der Waals surface area contributed by atoms with E-state index in [0.717, 1.165) is 0 Å². The molecule has 0 saturated heterocycles. The number of hydrogen-bond donors (Lipinski definition) is 2. The minimum absolute atomic E-state index is 0.00704. The zero-order valence-corrected chi connectivity index (χ0v) is 8.73. The molecule has 0 saturated carbocycles. The molecule has 0 spiro atoms. The lowest BCUT2D eigenvalue weighted by molar-refractivity contribution is 0.0688. The molecule has 4 nitrogen and oxygen atoms in total. The molecule has 0 unspecified atom stereocenters. The van der Waals surface area contributed by atoms with E-state index in [1.165, 1.54) is 0 Å². The van der Waals surface area contributed by atoms with E-state index < -0.39 is 22.6 Å². The van der Waals surface area contributed by atoms with Crippen LogP contribution in [-0.2, 0) is 6.42 Å². The first-order chi connectivity index (χ1) is 6.99. The number of thiophene rings is 1. The number of carboxylic acids is 2. The molecule has 2 N–H and O–H groups in total. The van der Waals surface area contributed by atoms with Crippen LogP contribution in [0.5, 0.6) is 0 Å². The van der Waals surface area contributed by atoms with Gasteiger partial charge in [0.05, 0.1) is 0 Å². The summed E-state index contributed by atoms with van der Waals surface area (Å²) >= 11 is 0.468. The number of aromatic carboxylic acids is 2. The van der Waals surface area contributed by atoms with Crippen LogP contribution in [0.15, 0.2) is 0 Å². The van der Waals surface area contributed by atoms with Gasteiger partial charge in [0.25, 0.3) is 0 Å². The first-order valence-corrected chi connectivity index (χ1v) is 5.08. The Balaban J connectivity index is 3.32. The van der Waals surface area contributed by atoms with Gasteiger partial charge in [-0.25, -0.2) is 14.0 Å². The fourth-order valence-electron chi connectivity index (χ4n) is 1.23. The molecule has 6 heteroatoms. The summed E-state index contributed by atoms with van der Waals surface area (Å²) in [5, 5.41) is 17.4. The highest BCUT2D eigenvalue weighted by Crippen LogP contribution is 2.28. The molecule has 1 aromatic rings. The van der Waals surface area contributed by atoms with Crippen LogP contribution in [0.4, 0.5) is 4.39 Å². The maximum atomic E-state index is 13.5. The average molecular weight is 232 g/mol. The van der Waals surface area contributed by atoms with E-state index in [1.807, 2.05) is 0 Å². The Bertz CT molecular complexity index is 410. The second kappa shape index (κ2) is 4.39. The average Bonchev–Trinajstić information content (AvgIpc) is 2.45. The van der Waals surface area contributed by atoms with Crippen LogP contribution >= 0.6 is 11.3 Å². The molecule has 1 aromatic heterocycles. The van der Waals surface area contributed by atoms with Gasteiger partial charge in [0.15, 0.2) is 5.82 Å². The monoisotopic (exact) mass is 232 g/mol. The molecule has 0 aliphatic heterocycles. The molecule has 82 valence electrons. The number of rotatable bonds is 4. The van der Waals surface area contributed by atoms with E-state index in [1.54, 1.807) is 6.92 Å². The molecule has 15 heavy (non-hydrogen) atoms. The number of halogens is 1. The normalized spacial score (nSPS) is 10.3. The molecule has 0 radical (unpaired) electrons. The Morgan fingerprint density at radius 3 is 2.20 bits per heavy atom. The smallest absolute Gasteiger partial charge is 0.348 e. The summed E-state index contributed by atoms with van der Waals surface area (Å²) in [5.74, 6) is -3.62. The van der Waals surface area contributed by atoms with Crippen molar-refractivity contribution in [1.82, 2.24) is 0 Å². The Morgan fingerprint density at radius 2 is 1.80 bits per heavy atom. The third-order valence-corrected chi connectivity index (χ3v) is 3.01. The van der Waals surface area contributed by atoms with Gasteiger partial charge in [-0.1, -0.05) is 13.3 Å². The summed E-state index contributed by atoms with van der Waals surface area (Å²) in [6.07, 6.45) is 0.796. The van der Waals surface area contributed by atoms with Gasteiger partial charge in [0.2, 0.25) is 0 Å². The third kappa shape index (κ3) is 2.15. The van der Waals surface area contributed by atoms with Crippen LogP contribution in [0.1, 0.15) is 38.3 Å². The highest BCUT2D eigenvalue weighted by molar-refractivity contribution is 7.16. The van der Waals surface area contributed by atoms with Crippen LogP contribution in [0.25, 0.3) is 0 Å². The molecule has 0 aliphatic carbocycles. The largest absolute Gasteiger partial charge is 0.477 e. The van der Waals surface area contributed by atoms with Crippen molar-refractivity contribution in [2.75, 3.05) is 0 Å². The molecule has 0 amide bonds. The first kappa shape index (κ1) is 11.6. The second-order valence-corrected chi connectivity index (χ2v) is 3.93. The van der Waals surface area contributed by atoms with Crippen molar-refractivity contribution in [3.05, 3.63) is 21.1 Å². The fraction of sp³-hybridized carbons (Fsp3) is 0.333. The molecular weight excluding hydrogens is 223 g/mol. The van der Waals surface area contributed by atoms with E-state index in [2.05, 4.69) is 0 Å². The lowest BCUT2D eigenvalue weighted by Gasteiger charge is -1.96. The third-order valence-electron chi connectivity index (χ3n) is 1.83. The van der Waals surface area contributed by atoms with Gasteiger partial charge >= 0.3 is 11.9 Å². The van der Waals surface area contributed by atoms with E-state index in [-0.39, 0.29) is 16.9 Å². The van der Waals surface area contributed by atoms with Gasteiger partial charge < -0.3 is 10.2 Å². The zero-order chi connectivity index (χ0) is 11.6. The summed E-state index contributed by atoms with van der Waals surface area (Å²) in [6, 6.07) is 0. The summed E-state index contributed by atoms with van der Waals surface area (Å²) < 4.78 is 13.5. The fourth-order valence-corrected chi connectivity index (χ4v) is 2.14. The van der Waals surface area contributed by atoms with Gasteiger partial charge in [-0.15, -0.1) is 11.3 Å². The van der Waals surface area contributed by atoms with Crippen molar-refractivity contribution in [2.24, 2.45) is 0 Å². The van der Waals surface area contributed by atoms with Crippen molar-refractivity contribution in [3.8, 4) is 0 Å². The number of hydrogen-bond acceptors (Lipinski definition) is 3. The molecular formula is C9H9FO4S. The van der Waals surface area contributed by atoms with Gasteiger partial charge in [0, 0.05) is 5.56 Å². The zero-order valence-electron chi connectivity index (χ0n) is 7.91. The Labute approximate surface area is 89.0 Å². The lowest BCUT2D eigenvalue weighted by atomic mass is 10.1. The van der Waals surface area contributed by atoms with Crippen LogP contribution < -0.4 is 0 Å². The van der Waals surface area contributed by atoms with Crippen LogP contribution in [0.3, 0.4) is 0 Å². The predicted molar refractivity (Wildman–Crippen MR) is 52.2 cm³/mol. The topological polar surface area (TPSA) is 74.6 Å². The number of carboxylic acid groups (broad SMARTS) is 2. The summed E-state index contributed by atoms with van der Waals surface area (Å²) in [6.45, 7) is 1.77. The van der Waals surface area contributed by atoms with E-state index in [9.17, 15) is 14.0 Å². The Hall–Kier alpha value is -1.43. The molecule has 0 aromatic carbocycles. The quantitative estimate of drug-likeness (QED) is 0.834. The Kier molecular flexibility index (Phi) is 3.41. The maximum Gasteiger partial charge on any atom is 0.348 e. The van der Waals surface area contributed by atoms with Crippen molar-refractivity contribution < 1.29 is 24.2 Å². The minimum atomic E-state index is -1.43. The standard InChI is InChI=1S/C9H9FO4S/c1-2-3-4-5(10)7(9(13)14)15-6(4)8(11)12/h2-3H2,1H3,(H,11,12)(H,13,14). The van der Waals surface area contributed by atoms with Crippen molar-refractivity contribution >= 4 is 23.3 Å². The minimum Gasteiger partial charge on any atom is -0.477 e. The highest BCUT2D eigenvalue weighted by atomic mass is 32.1. The molecule has 0 atom stereocenters. The summed E-state index contributed by atoms with van der Waals surface area (Å²) in [5.41, 5.74) is -0.00704. The van der Waals surface area contributed by atoms with Crippen LogP contribution in [0, 0.1) is 5.82 Å². The lowest BCUT2D eigenvalue weighted by Crippen LogP contribution is -1.99. The maximum absolute atomic E-state index is 13.5. The molecule has 0 fully saturated rings. The first-order valence-electron chi connectivity index (χ1n) is 4.26. The highest BCUT2D eigenvalue weighted by Gasteiger charge is 2.25. The van der Waals surface area contributed by atoms with E-state index >= 15 is 0 Å². The van der Waals surface area contributed by atoms with Crippen LogP contribution in [-0.4, -0.2) is 22.2 Å². The molecule has 1 rings (SSSR count). The molecule has 0 aliphatic rings. The molecule has 1 heterocycles. The Morgan fingerprint density at radius 1 is 1.27 bits per heavy atom. The summed E-state index contributed by atoms with van der Waals surface area (Å²) in [7, 11) is 0. The van der Waals surface area contributed by atoms with Crippen molar-refractivity contribution in [2.45, 2.75) is 19.8 Å². The second-order valence-electron chi connectivity index (χ2n) is 2.91. The van der Waals surface area contributed by atoms with Gasteiger partial charge in [-0.3, -0.25) is 0 Å². The predicted octanol–water partition coefficient (Wildman–Crippen LogP) is 2.24.